The lowest BCUT2D eigenvalue weighted by Gasteiger charge is -2.40. The third kappa shape index (κ3) is 5.97. The smallest absolute Gasteiger partial charge is 0.180 e. The summed E-state index contributed by atoms with van der Waals surface area (Å²) in [5.74, 6) is 4.05. The van der Waals surface area contributed by atoms with Crippen LogP contribution >= 0.6 is 0 Å². The van der Waals surface area contributed by atoms with E-state index in [-0.39, 0.29) is 0 Å². The lowest BCUT2D eigenvalue weighted by atomic mass is 9.65. The molecular weight excluding hydrogens is 847 g/mol. The largest absolute Gasteiger partial charge is 0.457 e. The Morgan fingerprint density at radius 2 is 0.826 bits per heavy atom. The average Bonchev–Trinajstić information content (AvgIpc) is 3.95. The molecule has 0 amide bonds. The van der Waals surface area contributed by atoms with Crippen molar-refractivity contribution in [1.29, 1.82) is 0 Å². The molecule has 0 saturated heterocycles. The van der Waals surface area contributed by atoms with Crippen LogP contribution in [0.1, 0.15) is 22.3 Å². The van der Waals surface area contributed by atoms with Gasteiger partial charge in [0, 0.05) is 44.3 Å². The van der Waals surface area contributed by atoms with E-state index in [0.717, 1.165) is 106 Å². The number of hydrogen-bond acceptors (Lipinski definition) is 7. The van der Waals surface area contributed by atoms with Gasteiger partial charge in [-0.05, 0) is 57.6 Å². The fourth-order valence-corrected chi connectivity index (χ4v) is 10.7. The maximum Gasteiger partial charge on any atom is 0.180 e. The molecule has 1 aliphatic carbocycles. The Bertz CT molecular complexity index is 3880. The number of ether oxygens (including phenoxy) is 1. The second-order valence-corrected chi connectivity index (χ2v) is 17.5. The quantitative estimate of drug-likeness (QED) is 0.164. The molecule has 7 nitrogen and oxygen atoms in total. The molecule has 0 N–H and O–H groups in total. The van der Waals surface area contributed by atoms with Gasteiger partial charge < -0.3 is 9.15 Å². The van der Waals surface area contributed by atoms with Crippen molar-refractivity contribution in [3.63, 3.8) is 0 Å². The number of fused-ring (bicyclic) bond motifs is 12. The van der Waals surface area contributed by atoms with Crippen LogP contribution in [0.2, 0.25) is 0 Å². The Labute approximate surface area is 397 Å². The number of benzene rings is 9. The number of aromatic nitrogens is 5. The molecule has 3 aromatic heterocycles. The van der Waals surface area contributed by atoms with Gasteiger partial charge in [-0.25, -0.2) is 24.9 Å². The first-order chi connectivity index (χ1) is 34.2. The molecule has 7 heteroatoms. The Hall–Kier alpha value is -9.33. The van der Waals surface area contributed by atoms with Crippen LogP contribution in [-0.4, -0.2) is 24.9 Å². The molecule has 2 aliphatic rings. The zero-order chi connectivity index (χ0) is 45.5. The van der Waals surface area contributed by atoms with Crippen LogP contribution < -0.4 is 4.74 Å². The van der Waals surface area contributed by atoms with E-state index in [4.69, 9.17) is 34.1 Å². The van der Waals surface area contributed by atoms with Crippen molar-refractivity contribution in [2.45, 2.75) is 5.41 Å². The van der Waals surface area contributed by atoms with Gasteiger partial charge in [-0.3, -0.25) is 0 Å². The van der Waals surface area contributed by atoms with Crippen molar-refractivity contribution in [1.82, 2.24) is 24.9 Å². The number of rotatable bonds is 6. The van der Waals surface area contributed by atoms with E-state index in [9.17, 15) is 0 Å². The zero-order valence-electron chi connectivity index (χ0n) is 36.9. The van der Waals surface area contributed by atoms with Gasteiger partial charge in [0.25, 0.3) is 0 Å². The number of nitrogens with zero attached hydrogens (tertiary/aromatic N) is 5. The summed E-state index contributed by atoms with van der Waals surface area (Å²) in [5, 5.41) is 0.956. The summed E-state index contributed by atoms with van der Waals surface area (Å²) >= 11 is 0. The van der Waals surface area contributed by atoms with E-state index in [2.05, 4.69) is 140 Å². The lowest BCUT2D eigenvalue weighted by molar-refractivity contribution is 0.436. The van der Waals surface area contributed by atoms with Crippen LogP contribution in [0.5, 0.6) is 11.5 Å². The molecule has 0 atom stereocenters. The predicted octanol–water partition coefficient (Wildman–Crippen LogP) is 15.0. The van der Waals surface area contributed by atoms with Crippen LogP contribution in [0.15, 0.2) is 229 Å². The first-order valence-electron chi connectivity index (χ1n) is 23.1. The van der Waals surface area contributed by atoms with Gasteiger partial charge in [-0.2, -0.15) is 0 Å². The average molecular weight is 884 g/mol. The van der Waals surface area contributed by atoms with Crippen molar-refractivity contribution in [3.8, 4) is 90.6 Å². The monoisotopic (exact) mass is 883 g/mol. The van der Waals surface area contributed by atoms with Gasteiger partial charge in [0.2, 0.25) is 0 Å². The Morgan fingerprint density at radius 1 is 0.333 bits per heavy atom. The van der Waals surface area contributed by atoms with Crippen molar-refractivity contribution in [2.75, 3.05) is 0 Å². The second kappa shape index (κ2) is 15.4. The van der Waals surface area contributed by atoms with Crippen LogP contribution in [0.25, 0.3) is 101 Å². The van der Waals surface area contributed by atoms with Crippen LogP contribution in [0.4, 0.5) is 0 Å². The molecule has 0 radical (unpaired) electrons. The molecule has 69 heavy (non-hydrogen) atoms. The molecule has 9 aromatic carbocycles. The highest BCUT2D eigenvalue weighted by atomic mass is 16.5. The minimum Gasteiger partial charge on any atom is -0.457 e. The number of para-hydroxylation sites is 3. The molecule has 0 bridgehead atoms. The standard InChI is InChI=1S/C62H37N5O2/c1-4-18-39(19-5-1)55-57-56(44-24-10-13-31-50(44)69-57)64-58(63-55)42-36-34-38(35-37-42)43-25-17-30-49-53(43)45-26-16-27-46(54(45)62(49)47-28-11-14-32-51(47)68-52-33-15-12-29-48(52)62)61-66-59(40-20-6-2-7-21-40)65-60(67-61)41-22-8-3-9-23-41/h1-37H. The summed E-state index contributed by atoms with van der Waals surface area (Å²) in [7, 11) is 0. The Kier molecular flexibility index (Phi) is 8.66. The third-order valence-corrected chi connectivity index (χ3v) is 13.6. The van der Waals surface area contributed by atoms with E-state index >= 15 is 0 Å². The Balaban J connectivity index is 1.00. The highest BCUT2D eigenvalue weighted by Crippen LogP contribution is 2.65. The highest BCUT2D eigenvalue weighted by molar-refractivity contribution is 6.07. The lowest BCUT2D eigenvalue weighted by Crippen LogP contribution is -2.32. The van der Waals surface area contributed by atoms with Gasteiger partial charge >= 0.3 is 0 Å². The highest BCUT2D eigenvalue weighted by Gasteiger charge is 2.53. The molecule has 0 fully saturated rings. The number of furan rings is 1. The van der Waals surface area contributed by atoms with E-state index in [1.54, 1.807) is 0 Å². The maximum absolute atomic E-state index is 6.79. The van der Waals surface area contributed by atoms with Crippen molar-refractivity contribution in [3.05, 3.63) is 247 Å². The van der Waals surface area contributed by atoms with Crippen LogP contribution in [-0.2, 0) is 5.41 Å². The van der Waals surface area contributed by atoms with Gasteiger partial charge in [0.05, 0.1) is 5.41 Å². The molecular formula is C62H37N5O2. The molecule has 1 spiro atoms. The van der Waals surface area contributed by atoms with E-state index in [1.807, 2.05) is 84.9 Å². The van der Waals surface area contributed by atoms with Crippen molar-refractivity contribution < 1.29 is 9.15 Å². The van der Waals surface area contributed by atoms with Crippen molar-refractivity contribution >= 4 is 22.1 Å². The van der Waals surface area contributed by atoms with E-state index in [1.165, 1.54) is 0 Å². The van der Waals surface area contributed by atoms with Gasteiger partial charge in [0.1, 0.15) is 28.3 Å². The van der Waals surface area contributed by atoms with E-state index in [0.29, 0.717) is 28.9 Å². The summed E-state index contributed by atoms with van der Waals surface area (Å²) in [6, 6.07) is 77.4. The summed E-state index contributed by atoms with van der Waals surface area (Å²) in [6.45, 7) is 0. The minimum atomic E-state index is -0.806. The molecule has 1 aliphatic heterocycles. The second-order valence-electron chi connectivity index (χ2n) is 17.5. The molecule has 322 valence electrons. The fourth-order valence-electron chi connectivity index (χ4n) is 10.7. The first-order valence-corrected chi connectivity index (χ1v) is 23.1. The Morgan fingerprint density at radius 3 is 1.51 bits per heavy atom. The SMILES string of the molecule is c1ccc(-c2nc(-c3ccccc3)nc(-c3cccc4c3C3(c5ccccc5Oc5ccccc53)c3cccc(-c5ccc(-c6nc(-c7ccccc7)c7oc8ccccc8c7n6)cc5)c3-4)n2)cc1. The molecule has 12 aromatic rings. The number of hydrogen-bond donors (Lipinski definition) is 0. The molecule has 14 rings (SSSR count). The van der Waals surface area contributed by atoms with Gasteiger partial charge in [0.15, 0.2) is 28.9 Å². The van der Waals surface area contributed by atoms with Crippen LogP contribution in [0, 0.1) is 0 Å². The predicted molar refractivity (Wildman–Crippen MR) is 273 cm³/mol. The molecule has 0 unspecified atom stereocenters. The first kappa shape index (κ1) is 38.9. The molecule has 0 saturated carbocycles. The van der Waals surface area contributed by atoms with Gasteiger partial charge in [-0.15, -0.1) is 0 Å². The van der Waals surface area contributed by atoms with Crippen molar-refractivity contribution in [2.24, 2.45) is 0 Å². The zero-order valence-corrected chi connectivity index (χ0v) is 36.9. The fraction of sp³-hybridized carbons (Fsp3) is 0.0161. The normalized spacial score (nSPS) is 12.9. The van der Waals surface area contributed by atoms with Crippen LogP contribution in [0.3, 0.4) is 0 Å². The maximum atomic E-state index is 6.79. The summed E-state index contributed by atoms with van der Waals surface area (Å²) in [4.78, 5) is 26.1. The summed E-state index contributed by atoms with van der Waals surface area (Å²) in [5.41, 5.74) is 15.6. The summed E-state index contributed by atoms with van der Waals surface area (Å²) in [6.07, 6.45) is 0. The summed E-state index contributed by atoms with van der Waals surface area (Å²) < 4.78 is 13.2. The minimum absolute atomic E-state index is 0.594. The van der Waals surface area contributed by atoms with E-state index < -0.39 is 5.41 Å². The van der Waals surface area contributed by atoms with Gasteiger partial charge in [-0.1, -0.05) is 200 Å². The molecule has 4 heterocycles. The topological polar surface area (TPSA) is 86.8 Å². The third-order valence-electron chi connectivity index (χ3n) is 13.6.